The van der Waals surface area contributed by atoms with Crippen molar-refractivity contribution in [3.8, 4) is 0 Å². The van der Waals surface area contributed by atoms with Crippen molar-refractivity contribution in [3.05, 3.63) is 71.8 Å². The molecular weight excluding hydrogens is 438 g/mol. The van der Waals surface area contributed by atoms with E-state index in [9.17, 15) is 29.4 Å². The van der Waals surface area contributed by atoms with Gasteiger partial charge in [-0.25, -0.2) is 4.79 Å². The largest absolute Gasteiger partial charge is 0.480 e. The van der Waals surface area contributed by atoms with Gasteiger partial charge >= 0.3 is 11.9 Å². The third-order valence-corrected chi connectivity index (χ3v) is 5.94. The maximum absolute atomic E-state index is 13.0. The smallest absolute Gasteiger partial charge is 0.326 e. The monoisotopic (exact) mass is 467 g/mol. The van der Waals surface area contributed by atoms with Crippen LogP contribution in [0, 0.1) is 0 Å². The molecule has 4 atom stereocenters. The third-order valence-electron chi connectivity index (χ3n) is 5.94. The molecule has 180 valence electrons. The Bertz CT molecular complexity index is 1010. The summed E-state index contributed by atoms with van der Waals surface area (Å²) in [6.07, 6.45) is 1.15. The summed E-state index contributed by atoms with van der Waals surface area (Å²) >= 11 is 0. The van der Waals surface area contributed by atoms with E-state index in [1.54, 1.807) is 30.3 Å². The van der Waals surface area contributed by atoms with Crippen molar-refractivity contribution < 1.29 is 29.4 Å². The standard InChI is InChI=1S/C25H29N3O6/c1-16(23(30)28-14-8-13-20(28)24(31)32)26-21(25(33)34)19(15-17-9-4-2-5-10-17)27-22(29)18-11-6-3-7-12-18/h2-7,9-12,16,19-21,26H,8,13-15H2,1H3,(H,27,29)(H,31,32)(H,33,34)/t16-,19?,20-,21?/m0/s1. The summed E-state index contributed by atoms with van der Waals surface area (Å²) in [6, 6.07) is 13.5. The topological polar surface area (TPSA) is 136 Å². The predicted octanol–water partition coefficient (Wildman–Crippen LogP) is 1.53. The maximum atomic E-state index is 13.0. The minimum atomic E-state index is -1.29. The summed E-state index contributed by atoms with van der Waals surface area (Å²) in [5, 5.41) is 25.0. The number of hydrogen-bond acceptors (Lipinski definition) is 5. The van der Waals surface area contributed by atoms with Crippen LogP contribution in [0.4, 0.5) is 0 Å². The average Bonchev–Trinajstić information content (AvgIpc) is 3.33. The predicted molar refractivity (Wildman–Crippen MR) is 124 cm³/mol. The van der Waals surface area contributed by atoms with Crippen LogP contribution in [0.1, 0.15) is 35.7 Å². The quantitative estimate of drug-likeness (QED) is 0.416. The number of carbonyl (C=O) groups excluding carboxylic acids is 2. The summed E-state index contributed by atoms with van der Waals surface area (Å²) in [4.78, 5) is 50.8. The number of aliphatic carboxylic acids is 2. The molecule has 0 saturated carbocycles. The minimum absolute atomic E-state index is 0.214. The van der Waals surface area contributed by atoms with Gasteiger partial charge in [-0.3, -0.25) is 19.7 Å². The summed E-state index contributed by atoms with van der Waals surface area (Å²) in [6.45, 7) is 1.81. The van der Waals surface area contributed by atoms with Gasteiger partial charge in [-0.15, -0.1) is 0 Å². The lowest BCUT2D eigenvalue weighted by Crippen LogP contribution is -2.60. The minimum Gasteiger partial charge on any atom is -0.480 e. The molecule has 3 rings (SSSR count). The van der Waals surface area contributed by atoms with E-state index in [2.05, 4.69) is 10.6 Å². The molecule has 1 heterocycles. The van der Waals surface area contributed by atoms with Crippen LogP contribution in [0.3, 0.4) is 0 Å². The first-order valence-corrected chi connectivity index (χ1v) is 11.2. The molecule has 1 saturated heterocycles. The molecule has 1 fully saturated rings. The molecule has 0 bridgehead atoms. The van der Waals surface area contributed by atoms with Crippen LogP contribution in [-0.2, 0) is 20.8 Å². The van der Waals surface area contributed by atoms with Gasteiger partial charge in [0.15, 0.2) is 0 Å². The van der Waals surface area contributed by atoms with Gasteiger partial charge in [-0.1, -0.05) is 48.5 Å². The fraction of sp³-hybridized carbons (Fsp3) is 0.360. The highest BCUT2D eigenvalue weighted by molar-refractivity contribution is 5.95. The number of carbonyl (C=O) groups is 4. The maximum Gasteiger partial charge on any atom is 0.326 e. The number of likely N-dealkylation sites (tertiary alicyclic amines) is 1. The van der Waals surface area contributed by atoms with Gasteiger partial charge in [0.1, 0.15) is 12.1 Å². The van der Waals surface area contributed by atoms with Crippen LogP contribution in [0.2, 0.25) is 0 Å². The normalized spacial score (nSPS) is 18.0. The Balaban J connectivity index is 1.81. The van der Waals surface area contributed by atoms with Crippen LogP contribution in [0.15, 0.2) is 60.7 Å². The Labute approximate surface area is 197 Å². The van der Waals surface area contributed by atoms with E-state index in [0.717, 1.165) is 5.56 Å². The second-order valence-electron chi connectivity index (χ2n) is 8.37. The highest BCUT2D eigenvalue weighted by Crippen LogP contribution is 2.19. The number of rotatable bonds is 10. The fourth-order valence-corrected chi connectivity index (χ4v) is 4.20. The Hall–Kier alpha value is -3.72. The van der Waals surface area contributed by atoms with Crippen LogP contribution >= 0.6 is 0 Å². The first kappa shape index (κ1) is 24.9. The zero-order chi connectivity index (χ0) is 24.7. The van der Waals surface area contributed by atoms with Crippen LogP contribution in [0.25, 0.3) is 0 Å². The molecule has 4 N–H and O–H groups in total. The number of nitrogens with one attached hydrogen (secondary N) is 2. The molecule has 2 aromatic carbocycles. The first-order valence-electron chi connectivity index (χ1n) is 11.2. The van der Waals surface area contributed by atoms with E-state index in [0.29, 0.717) is 24.9 Å². The van der Waals surface area contributed by atoms with Crippen LogP contribution < -0.4 is 10.6 Å². The number of benzene rings is 2. The highest BCUT2D eigenvalue weighted by Gasteiger charge is 2.38. The van der Waals surface area contributed by atoms with Crippen LogP contribution in [-0.4, -0.2) is 69.6 Å². The van der Waals surface area contributed by atoms with E-state index < -0.39 is 47.9 Å². The highest BCUT2D eigenvalue weighted by atomic mass is 16.4. The van der Waals surface area contributed by atoms with Crippen molar-refractivity contribution >= 4 is 23.8 Å². The molecule has 1 aliphatic heterocycles. The Morgan fingerprint density at radius 3 is 2.21 bits per heavy atom. The molecule has 9 nitrogen and oxygen atoms in total. The second kappa shape index (κ2) is 11.4. The molecule has 2 aromatic rings. The van der Waals surface area contributed by atoms with E-state index in [1.807, 2.05) is 30.3 Å². The van der Waals surface area contributed by atoms with Crippen molar-refractivity contribution in [2.75, 3.05) is 6.54 Å². The molecular formula is C25H29N3O6. The van der Waals surface area contributed by atoms with Gasteiger partial charge in [0, 0.05) is 12.1 Å². The molecule has 34 heavy (non-hydrogen) atoms. The van der Waals surface area contributed by atoms with Crippen molar-refractivity contribution in [1.29, 1.82) is 0 Å². The Kier molecular flexibility index (Phi) is 8.37. The fourth-order valence-electron chi connectivity index (χ4n) is 4.20. The third kappa shape index (κ3) is 6.20. The molecule has 0 spiro atoms. The molecule has 9 heteroatoms. The second-order valence-corrected chi connectivity index (χ2v) is 8.37. The SMILES string of the molecule is C[C@H](NC(C(=O)O)C(Cc1ccccc1)NC(=O)c1ccccc1)C(=O)N1CCC[C@H]1C(=O)O. The van der Waals surface area contributed by atoms with Crippen molar-refractivity contribution in [1.82, 2.24) is 15.5 Å². The summed E-state index contributed by atoms with van der Waals surface area (Å²) in [5.41, 5.74) is 1.20. The number of hydrogen-bond donors (Lipinski definition) is 4. The van der Waals surface area contributed by atoms with Gasteiger partial charge in [0.2, 0.25) is 5.91 Å². The summed E-state index contributed by atoms with van der Waals surface area (Å²) in [5.74, 6) is -3.22. The molecule has 0 radical (unpaired) electrons. The lowest BCUT2D eigenvalue weighted by atomic mass is 9.97. The number of carboxylic acids is 2. The van der Waals surface area contributed by atoms with E-state index >= 15 is 0 Å². The Morgan fingerprint density at radius 2 is 1.62 bits per heavy atom. The Morgan fingerprint density at radius 1 is 1.00 bits per heavy atom. The van der Waals surface area contributed by atoms with E-state index in [1.165, 1.54) is 11.8 Å². The molecule has 2 unspecified atom stereocenters. The van der Waals surface area contributed by atoms with Crippen LogP contribution in [0.5, 0.6) is 0 Å². The summed E-state index contributed by atoms with van der Waals surface area (Å²) < 4.78 is 0. The zero-order valence-electron chi connectivity index (χ0n) is 18.9. The van der Waals surface area contributed by atoms with E-state index in [-0.39, 0.29) is 6.42 Å². The van der Waals surface area contributed by atoms with Crippen molar-refractivity contribution in [2.45, 2.75) is 50.4 Å². The van der Waals surface area contributed by atoms with Crippen molar-refractivity contribution in [2.24, 2.45) is 0 Å². The molecule has 0 aliphatic carbocycles. The van der Waals surface area contributed by atoms with Gasteiger partial charge in [-0.05, 0) is 43.9 Å². The average molecular weight is 468 g/mol. The molecule has 0 aromatic heterocycles. The lowest BCUT2D eigenvalue weighted by Gasteiger charge is -2.31. The molecule has 2 amide bonds. The van der Waals surface area contributed by atoms with Crippen molar-refractivity contribution in [3.63, 3.8) is 0 Å². The first-order chi connectivity index (χ1) is 16.3. The van der Waals surface area contributed by atoms with Gasteiger partial charge in [-0.2, -0.15) is 0 Å². The summed E-state index contributed by atoms with van der Waals surface area (Å²) in [7, 11) is 0. The number of nitrogens with zero attached hydrogens (tertiary/aromatic N) is 1. The molecule has 1 aliphatic rings. The van der Waals surface area contributed by atoms with Gasteiger partial charge in [0.05, 0.1) is 12.1 Å². The lowest BCUT2D eigenvalue weighted by molar-refractivity contribution is -0.149. The number of amides is 2. The van der Waals surface area contributed by atoms with Gasteiger partial charge < -0.3 is 20.4 Å². The zero-order valence-corrected chi connectivity index (χ0v) is 18.9. The van der Waals surface area contributed by atoms with Gasteiger partial charge in [0.25, 0.3) is 5.91 Å². The van der Waals surface area contributed by atoms with E-state index in [4.69, 9.17) is 0 Å². The number of carboxylic acid groups (broad SMARTS) is 2.